The SMILES string of the molecule is CCCN1CCC(C#N)(NC(=O)C(N)CC(C)(C)C)CC1CC1CCCCC1. The van der Waals surface area contributed by atoms with Gasteiger partial charge in [0.25, 0.3) is 0 Å². The molecule has 0 aromatic carbocycles. The topological polar surface area (TPSA) is 82.2 Å². The standard InChI is InChI=1S/C23H42N4O/c1-5-12-27-13-11-23(17-24,26-21(28)20(25)16-22(2,3)4)15-19(27)14-18-9-7-6-8-10-18/h18-20H,5-16,25H2,1-4H3,(H,26,28). The van der Waals surface area contributed by atoms with E-state index in [4.69, 9.17) is 5.73 Å². The molecule has 0 aromatic heterocycles. The summed E-state index contributed by atoms with van der Waals surface area (Å²) < 4.78 is 0. The molecule has 1 saturated carbocycles. The van der Waals surface area contributed by atoms with Crippen LogP contribution < -0.4 is 11.1 Å². The van der Waals surface area contributed by atoms with E-state index >= 15 is 0 Å². The van der Waals surface area contributed by atoms with Gasteiger partial charge in [-0.1, -0.05) is 59.8 Å². The number of hydrogen-bond donors (Lipinski definition) is 2. The largest absolute Gasteiger partial charge is 0.336 e. The fourth-order valence-corrected chi connectivity index (χ4v) is 5.10. The van der Waals surface area contributed by atoms with Crippen LogP contribution in [0.1, 0.15) is 91.9 Å². The van der Waals surface area contributed by atoms with Crippen molar-refractivity contribution in [2.75, 3.05) is 13.1 Å². The summed E-state index contributed by atoms with van der Waals surface area (Å²) in [5.74, 6) is 0.600. The molecule has 2 rings (SSSR count). The minimum atomic E-state index is -0.768. The van der Waals surface area contributed by atoms with Gasteiger partial charge in [-0.05, 0) is 50.0 Å². The predicted octanol–water partition coefficient (Wildman–Crippen LogP) is 3.97. The van der Waals surface area contributed by atoms with Crippen LogP contribution in [0.5, 0.6) is 0 Å². The highest BCUT2D eigenvalue weighted by molar-refractivity contribution is 5.82. The van der Waals surface area contributed by atoms with Crippen LogP contribution in [0.3, 0.4) is 0 Å². The molecule has 0 bridgehead atoms. The van der Waals surface area contributed by atoms with Crippen LogP contribution in [0, 0.1) is 22.7 Å². The van der Waals surface area contributed by atoms with Gasteiger partial charge in [-0.25, -0.2) is 0 Å². The lowest BCUT2D eigenvalue weighted by atomic mass is 9.77. The Bertz CT molecular complexity index is 544. The van der Waals surface area contributed by atoms with E-state index in [-0.39, 0.29) is 11.3 Å². The number of nitrogens with zero attached hydrogens (tertiary/aromatic N) is 2. The van der Waals surface area contributed by atoms with Crippen molar-refractivity contribution in [1.82, 2.24) is 10.2 Å². The molecule has 3 atom stereocenters. The lowest BCUT2D eigenvalue weighted by molar-refractivity contribution is -0.125. The third-order valence-electron chi connectivity index (χ3n) is 6.51. The Kier molecular flexibility index (Phi) is 8.33. The molecule has 3 N–H and O–H groups in total. The Labute approximate surface area is 172 Å². The van der Waals surface area contributed by atoms with Gasteiger partial charge in [0.1, 0.15) is 5.54 Å². The fourth-order valence-electron chi connectivity index (χ4n) is 5.10. The van der Waals surface area contributed by atoms with Gasteiger partial charge in [-0.2, -0.15) is 5.26 Å². The number of carbonyl (C=O) groups is 1. The van der Waals surface area contributed by atoms with Gasteiger partial charge in [-0.3, -0.25) is 4.79 Å². The zero-order valence-electron chi connectivity index (χ0n) is 18.6. The number of hydrogen-bond acceptors (Lipinski definition) is 4. The van der Waals surface area contributed by atoms with Gasteiger partial charge in [0, 0.05) is 12.6 Å². The number of likely N-dealkylation sites (tertiary alicyclic amines) is 1. The van der Waals surface area contributed by atoms with Gasteiger partial charge in [-0.15, -0.1) is 0 Å². The summed E-state index contributed by atoms with van der Waals surface area (Å²) in [6, 6.07) is 2.31. The highest BCUT2D eigenvalue weighted by atomic mass is 16.2. The van der Waals surface area contributed by atoms with Gasteiger partial charge < -0.3 is 16.0 Å². The van der Waals surface area contributed by atoms with E-state index in [1.54, 1.807) is 0 Å². The lowest BCUT2D eigenvalue weighted by Crippen LogP contribution is -2.60. The molecule has 0 radical (unpaired) electrons. The van der Waals surface area contributed by atoms with Crippen LogP contribution in [0.25, 0.3) is 0 Å². The lowest BCUT2D eigenvalue weighted by Gasteiger charge is -2.45. The molecule has 28 heavy (non-hydrogen) atoms. The van der Waals surface area contributed by atoms with Crippen molar-refractivity contribution in [1.29, 1.82) is 5.26 Å². The maximum Gasteiger partial charge on any atom is 0.238 e. The first-order valence-electron chi connectivity index (χ1n) is 11.4. The molecule has 1 saturated heterocycles. The van der Waals surface area contributed by atoms with Crippen LogP contribution in [-0.2, 0) is 4.79 Å². The molecule has 1 aliphatic carbocycles. The highest BCUT2D eigenvalue weighted by Crippen LogP contribution is 2.35. The van der Waals surface area contributed by atoms with E-state index in [0.29, 0.717) is 18.9 Å². The molecular weight excluding hydrogens is 348 g/mol. The molecule has 0 aromatic rings. The normalized spacial score (nSPS) is 28.5. The first-order chi connectivity index (χ1) is 13.2. The van der Waals surface area contributed by atoms with Crippen molar-refractivity contribution in [2.45, 2.75) is 110 Å². The Morgan fingerprint density at radius 3 is 2.57 bits per heavy atom. The van der Waals surface area contributed by atoms with E-state index in [0.717, 1.165) is 38.3 Å². The van der Waals surface area contributed by atoms with Crippen molar-refractivity contribution in [3.05, 3.63) is 0 Å². The summed E-state index contributed by atoms with van der Waals surface area (Å²) in [6.07, 6.45) is 11.0. The van der Waals surface area contributed by atoms with Gasteiger partial charge in [0.2, 0.25) is 5.91 Å². The number of carbonyl (C=O) groups excluding carboxylic acids is 1. The van der Waals surface area contributed by atoms with Gasteiger partial charge in [0.15, 0.2) is 0 Å². The second-order valence-corrected chi connectivity index (χ2v) is 10.4. The number of nitrogens with two attached hydrogens (primary N) is 1. The second-order valence-electron chi connectivity index (χ2n) is 10.4. The number of rotatable bonds is 7. The number of amides is 1. The minimum absolute atomic E-state index is 0.00935. The second kappa shape index (κ2) is 10.1. The molecule has 2 fully saturated rings. The van der Waals surface area contributed by atoms with Crippen LogP contribution in [0.4, 0.5) is 0 Å². The van der Waals surface area contributed by atoms with E-state index in [1.807, 2.05) is 0 Å². The monoisotopic (exact) mass is 390 g/mol. The summed E-state index contributed by atoms with van der Waals surface area (Å²) in [7, 11) is 0. The molecule has 3 unspecified atom stereocenters. The molecule has 160 valence electrons. The zero-order valence-corrected chi connectivity index (χ0v) is 18.6. The average molecular weight is 391 g/mol. The quantitative estimate of drug-likeness (QED) is 0.689. The molecule has 0 spiro atoms. The van der Waals surface area contributed by atoms with Crippen LogP contribution >= 0.6 is 0 Å². The van der Waals surface area contributed by atoms with Gasteiger partial charge in [0.05, 0.1) is 12.1 Å². The van der Waals surface area contributed by atoms with Crippen molar-refractivity contribution in [3.63, 3.8) is 0 Å². The van der Waals surface area contributed by atoms with Crippen molar-refractivity contribution in [2.24, 2.45) is 17.1 Å². The predicted molar refractivity (Wildman–Crippen MR) is 115 cm³/mol. The fraction of sp³-hybridized carbons (Fsp3) is 0.913. The van der Waals surface area contributed by atoms with Crippen molar-refractivity contribution in [3.8, 4) is 6.07 Å². The highest BCUT2D eigenvalue weighted by Gasteiger charge is 2.42. The smallest absolute Gasteiger partial charge is 0.238 e. The Hall–Kier alpha value is -1.12. The summed E-state index contributed by atoms with van der Waals surface area (Å²) in [4.78, 5) is 15.3. The van der Waals surface area contributed by atoms with E-state index < -0.39 is 11.6 Å². The maximum atomic E-state index is 12.8. The summed E-state index contributed by atoms with van der Waals surface area (Å²) in [6.45, 7) is 10.4. The summed E-state index contributed by atoms with van der Waals surface area (Å²) >= 11 is 0. The Balaban J connectivity index is 2.06. The summed E-state index contributed by atoms with van der Waals surface area (Å²) in [5, 5.41) is 13.1. The number of nitrogens with one attached hydrogen (secondary N) is 1. The molecule has 5 heteroatoms. The van der Waals surface area contributed by atoms with Crippen LogP contribution in [0.2, 0.25) is 0 Å². The molecule has 1 heterocycles. The van der Waals surface area contributed by atoms with Crippen LogP contribution in [-0.4, -0.2) is 41.5 Å². The van der Waals surface area contributed by atoms with E-state index in [9.17, 15) is 10.1 Å². The van der Waals surface area contributed by atoms with E-state index in [2.05, 4.69) is 44.0 Å². The van der Waals surface area contributed by atoms with Crippen LogP contribution in [0.15, 0.2) is 0 Å². The van der Waals surface area contributed by atoms with E-state index in [1.165, 1.54) is 32.1 Å². The first-order valence-corrected chi connectivity index (χ1v) is 11.4. The average Bonchev–Trinajstić information content (AvgIpc) is 2.63. The molecular formula is C23H42N4O. The van der Waals surface area contributed by atoms with Gasteiger partial charge >= 0.3 is 0 Å². The molecule has 1 amide bonds. The first kappa shape index (κ1) is 23.2. The zero-order chi connectivity index (χ0) is 20.8. The Morgan fingerprint density at radius 1 is 1.32 bits per heavy atom. The summed E-state index contributed by atoms with van der Waals surface area (Å²) in [5.41, 5.74) is 5.38. The molecule has 1 aliphatic heterocycles. The third-order valence-corrected chi connectivity index (χ3v) is 6.51. The van der Waals surface area contributed by atoms with Crippen molar-refractivity contribution < 1.29 is 4.79 Å². The van der Waals surface area contributed by atoms with Crippen molar-refractivity contribution >= 4 is 5.91 Å². The Morgan fingerprint density at radius 2 is 2.00 bits per heavy atom. The number of piperidine rings is 1. The molecule has 5 nitrogen and oxygen atoms in total. The number of nitriles is 1. The maximum absolute atomic E-state index is 12.8. The molecule has 2 aliphatic rings. The minimum Gasteiger partial charge on any atom is -0.336 e. The third kappa shape index (κ3) is 6.74.